The van der Waals surface area contributed by atoms with Crippen LogP contribution in [-0.4, -0.2) is 19.7 Å². The second-order valence-corrected chi connectivity index (χ2v) is 5.94. The van der Waals surface area contributed by atoms with Gasteiger partial charge in [-0.05, 0) is 36.2 Å². The molecule has 2 aromatic heterocycles. The molecular weight excluding hydrogens is 244 g/mol. The third kappa shape index (κ3) is 3.04. The summed E-state index contributed by atoms with van der Waals surface area (Å²) >= 11 is 5.29. The second kappa shape index (κ2) is 5.02. The molecule has 0 aliphatic heterocycles. The van der Waals surface area contributed by atoms with Gasteiger partial charge in [0.05, 0.1) is 0 Å². The number of nitrogens with zero attached hydrogens (tertiary/aromatic N) is 3. The fraction of sp³-hybridized carbons (Fsp3) is 0.462. The zero-order valence-corrected chi connectivity index (χ0v) is 11.8. The molecule has 5 heteroatoms. The van der Waals surface area contributed by atoms with E-state index in [1.54, 1.807) is 12.4 Å². The van der Waals surface area contributed by atoms with Crippen LogP contribution in [0.1, 0.15) is 27.2 Å². The number of nitrogens with one attached hydrogen (secondary N) is 1. The van der Waals surface area contributed by atoms with Crippen LogP contribution >= 0.6 is 12.2 Å². The van der Waals surface area contributed by atoms with Gasteiger partial charge in [0.15, 0.2) is 10.6 Å². The molecule has 0 fully saturated rings. The highest BCUT2D eigenvalue weighted by Gasteiger charge is 2.13. The highest BCUT2D eigenvalue weighted by molar-refractivity contribution is 7.71. The summed E-state index contributed by atoms with van der Waals surface area (Å²) in [4.78, 5) is 4.02. The highest BCUT2D eigenvalue weighted by Crippen LogP contribution is 2.22. The average Bonchev–Trinajstić information content (AvgIpc) is 2.68. The van der Waals surface area contributed by atoms with Crippen molar-refractivity contribution in [3.63, 3.8) is 0 Å². The molecule has 2 rings (SSSR count). The van der Waals surface area contributed by atoms with E-state index < -0.39 is 0 Å². The Bertz CT molecular complexity index is 563. The van der Waals surface area contributed by atoms with Crippen LogP contribution in [0.2, 0.25) is 0 Å². The average molecular weight is 262 g/mol. The van der Waals surface area contributed by atoms with Crippen molar-refractivity contribution in [1.82, 2.24) is 19.7 Å². The summed E-state index contributed by atoms with van der Waals surface area (Å²) in [6.07, 6.45) is 4.58. The molecule has 0 saturated carbocycles. The van der Waals surface area contributed by atoms with Gasteiger partial charge in [0, 0.05) is 24.5 Å². The Hall–Kier alpha value is -1.49. The lowest BCUT2D eigenvalue weighted by molar-refractivity contribution is 0.350. The van der Waals surface area contributed by atoms with E-state index in [0.29, 0.717) is 4.77 Å². The number of aromatic nitrogens is 4. The van der Waals surface area contributed by atoms with Crippen LogP contribution in [0.25, 0.3) is 11.4 Å². The van der Waals surface area contributed by atoms with Crippen LogP contribution in [0.4, 0.5) is 0 Å². The van der Waals surface area contributed by atoms with Crippen molar-refractivity contribution in [2.75, 3.05) is 0 Å². The Balaban J connectivity index is 2.31. The van der Waals surface area contributed by atoms with Gasteiger partial charge in [-0.3, -0.25) is 10.1 Å². The lowest BCUT2D eigenvalue weighted by Gasteiger charge is -2.18. The zero-order chi connectivity index (χ0) is 13.2. The number of rotatable bonds is 3. The van der Waals surface area contributed by atoms with E-state index >= 15 is 0 Å². The molecule has 2 aromatic rings. The number of pyridine rings is 1. The molecule has 0 radical (unpaired) electrons. The maximum Gasteiger partial charge on any atom is 0.195 e. The predicted octanol–water partition coefficient (Wildman–Crippen LogP) is 3.44. The summed E-state index contributed by atoms with van der Waals surface area (Å²) < 4.78 is 2.72. The van der Waals surface area contributed by atoms with Gasteiger partial charge in [-0.2, -0.15) is 5.10 Å². The van der Waals surface area contributed by atoms with Crippen LogP contribution < -0.4 is 0 Å². The first-order chi connectivity index (χ1) is 8.47. The summed E-state index contributed by atoms with van der Waals surface area (Å²) in [6, 6.07) is 3.89. The maximum absolute atomic E-state index is 5.29. The first-order valence-corrected chi connectivity index (χ1v) is 6.44. The minimum Gasteiger partial charge on any atom is -0.300 e. The Morgan fingerprint density at radius 2 is 1.94 bits per heavy atom. The molecule has 2 heterocycles. The SMILES string of the molecule is CC(C)(C)CCn1c(-c2ccncc2)n[nH]c1=S. The summed E-state index contributed by atoms with van der Waals surface area (Å²) in [5.41, 5.74) is 1.31. The molecule has 0 atom stereocenters. The lowest BCUT2D eigenvalue weighted by Crippen LogP contribution is -2.11. The number of hydrogen-bond acceptors (Lipinski definition) is 3. The van der Waals surface area contributed by atoms with Gasteiger partial charge in [-0.15, -0.1) is 0 Å². The number of hydrogen-bond donors (Lipinski definition) is 1. The van der Waals surface area contributed by atoms with E-state index in [4.69, 9.17) is 12.2 Å². The number of H-pyrrole nitrogens is 1. The van der Waals surface area contributed by atoms with Crippen molar-refractivity contribution < 1.29 is 0 Å². The van der Waals surface area contributed by atoms with Crippen molar-refractivity contribution in [3.8, 4) is 11.4 Å². The molecule has 96 valence electrons. The molecule has 0 spiro atoms. The van der Waals surface area contributed by atoms with Crippen LogP contribution in [0, 0.1) is 10.2 Å². The van der Waals surface area contributed by atoms with E-state index in [1.165, 1.54) is 0 Å². The van der Waals surface area contributed by atoms with Crippen molar-refractivity contribution in [2.24, 2.45) is 5.41 Å². The Morgan fingerprint density at radius 1 is 1.28 bits per heavy atom. The van der Waals surface area contributed by atoms with E-state index in [0.717, 1.165) is 24.4 Å². The summed E-state index contributed by atoms with van der Waals surface area (Å²) in [5, 5.41) is 7.17. The first-order valence-electron chi connectivity index (χ1n) is 6.03. The standard InChI is InChI=1S/C13H18N4S/c1-13(2,3)6-9-17-11(15-16-12(17)18)10-4-7-14-8-5-10/h4-5,7-8H,6,9H2,1-3H3,(H,16,18). The topological polar surface area (TPSA) is 46.5 Å². The first kappa shape index (κ1) is 13.0. The van der Waals surface area contributed by atoms with Gasteiger partial charge >= 0.3 is 0 Å². The molecule has 0 aliphatic rings. The summed E-state index contributed by atoms with van der Waals surface area (Å²) in [5.74, 6) is 0.881. The molecule has 18 heavy (non-hydrogen) atoms. The van der Waals surface area contributed by atoms with E-state index in [-0.39, 0.29) is 5.41 Å². The summed E-state index contributed by atoms with van der Waals surface area (Å²) in [7, 11) is 0. The van der Waals surface area contributed by atoms with Crippen molar-refractivity contribution >= 4 is 12.2 Å². The molecule has 0 aliphatic carbocycles. The van der Waals surface area contributed by atoms with E-state index in [1.807, 2.05) is 12.1 Å². The van der Waals surface area contributed by atoms with Gasteiger partial charge in [0.25, 0.3) is 0 Å². The third-order valence-electron chi connectivity index (χ3n) is 2.78. The summed E-state index contributed by atoms with van der Waals surface area (Å²) in [6.45, 7) is 7.55. The van der Waals surface area contributed by atoms with Crippen LogP contribution in [0.15, 0.2) is 24.5 Å². The minimum atomic E-state index is 0.279. The van der Waals surface area contributed by atoms with Crippen LogP contribution in [0.3, 0.4) is 0 Å². The fourth-order valence-corrected chi connectivity index (χ4v) is 1.92. The van der Waals surface area contributed by atoms with Crippen molar-refractivity contribution in [2.45, 2.75) is 33.7 Å². The Morgan fingerprint density at radius 3 is 2.56 bits per heavy atom. The van der Waals surface area contributed by atoms with Gasteiger partial charge in [-0.25, -0.2) is 0 Å². The van der Waals surface area contributed by atoms with Gasteiger partial charge < -0.3 is 4.57 Å². The third-order valence-corrected chi connectivity index (χ3v) is 3.09. The Kier molecular flexibility index (Phi) is 3.61. The van der Waals surface area contributed by atoms with Gasteiger partial charge in [-0.1, -0.05) is 20.8 Å². The van der Waals surface area contributed by atoms with Crippen LogP contribution in [0.5, 0.6) is 0 Å². The monoisotopic (exact) mass is 262 g/mol. The quantitative estimate of drug-likeness (QED) is 0.862. The Labute approximate surface area is 112 Å². The normalized spacial score (nSPS) is 11.7. The van der Waals surface area contributed by atoms with Crippen molar-refractivity contribution in [1.29, 1.82) is 0 Å². The number of aromatic amines is 1. The molecule has 0 unspecified atom stereocenters. The largest absolute Gasteiger partial charge is 0.300 e. The fourth-order valence-electron chi connectivity index (χ4n) is 1.69. The van der Waals surface area contributed by atoms with Gasteiger partial charge in [0.1, 0.15) is 0 Å². The molecule has 4 nitrogen and oxygen atoms in total. The minimum absolute atomic E-state index is 0.279. The smallest absolute Gasteiger partial charge is 0.195 e. The van der Waals surface area contributed by atoms with Crippen LogP contribution in [-0.2, 0) is 6.54 Å². The molecular formula is C13H18N4S. The van der Waals surface area contributed by atoms with E-state index in [9.17, 15) is 0 Å². The molecule has 0 saturated heterocycles. The zero-order valence-electron chi connectivity index (χ0n) is 11.0. The molecule has 0 bridgehead atoms. The maximum atomic E-state index is 5.29. The molecule has 0 amide bonds. The molecule has 1 N–H and O–H groups in total. The van der Waals surface area contributed by atoms with Gasteiger partial charge in [0.2, 0.25) is 0 Å². The van der Waals surface area contributed by atoms with Crippen molar-refractivity contribution in [3.05, 3.63) is 29.3 Å². The second-order valence-electron chi connectivity index (χ2n) is 5.55. The van der Waals surface area contributed by atoms with E-state index in [2.05, 4.69) is 40.5 Å². The molecule has 0 aromatic carbocycles. The predicted molar refractivity (Wildman–Crippen MR) is 74.7 cm³/mol. The lowest BCUT2D eigenvalue weighted by atomic mass is 9.92. The highest BCUT2D eigenvalue weighted by atomic mass is 32.1.